The molecular formula is C16H19ClN2O. The highest BCUT2D eigenvalue weighted by Crippen LogP contribution is 2.30. The van der Waals surface area contributed by atoms with E-state index in [-0.39, 0.29) is 0 Å². The van der Waals surface area contributed by atoms with Crippen LogP contribution in [0.3, 0.4) is 0 Å². The van der Waals surface area contributed by atoms with Crippen molar-refractivity contribution >= 4 is 28.2 Å². The molecule has 0 amide bonds. The van der Waals surface area contributed by atoms with Crippen molar-refractivity contribution < 1.29 is 5.11 Å². The lowest BCUT2D eigenvalue weighted by atomic mass is 9.85. The summed E-state index contributed by atoms with van der Waals surface area (Å²) in [5, 5.41) is 15.7. The summed E-state index contributed by atoms with van der Waals surface area (Å²) in [4.78, 5) is 4.33. The van der Waals surface area contributed by atoms with Crippen molar-refractivity contribution in [1.82, 2.24) is 4.98 Å². The Hall–Kier alpha value is -1.32. The molecule has 0 saturated heterocycles. The van der Waals surface area contributed by atoms with Crippen molar-refractivity contribution in [1.29, 1.82) is 0 Å². The molecule has 0 spiro atoms. The number of nitrogens with zero attached hydrogens (tertiary/aromatic N) is 1. The minimum Gasteiger partial charge on any atom is -0.388 e. The Morgan fingerprint density at radius 2 is 2.00 bits per heavy atom. The van der Waals surface area contributed by atoms with E-state index in [0.29, 0.717) is 11.6 Å². The van der Waals surface area contributed by atoms with E-state index in [1.54, 1.807) is 6.20 Å². The second-order valence-corrected chi connectivity index (χ2v) is 6.09. The number of hydrogen-bond donors (Lipinski definition) is 2. The minimum absolute atomic E-state index is 0.569. The van der Waals surface area contributed by atoms with E-state index in [2.05, 4.69) is 10.3 Å². The fraction of sp³-hybridized carbons (Fsp3) is 0.438. The number of hydrogen-bond acceptors (Lipinski definition) is 3. The van der Waals surface area contributed by atoms with E-state index < -0.39 is 5.60 Å². The molecule has 1 aromatic carbocycles. The number of rotatable bonds is 3. The highest BCUT2D eigenvalue weighted by molar-refractivity contribution is 6.31. The Kier molecular flexibility index (Phi) is 3.81. The zero-order valence-electron chi connectivity index (χ0n) is 11.4. The summed E-state index contributed by atoms with van der Waals surface area (Å²) >= 11 is 5.99. The lowest BCUT2D eigenvalue weighted by Gasteiger charge is -2.32. The number of halogens is 1. The zero-order valence-corrected chi connectivity index (χ0v) is 12.2. The van der Waals surface area contributed by atoms with Gasteiger partial charge in [-0.1, -0.05) is 30.9 Å². The van der Waals surface area contributed by atoms with Crippen molar-refractivity contribution in [2.24, 2.45) is 0 Å². The molecule has 2 aromatic rings. The molecule has 1 aliphatic rings. The minimum atomic E-state index is -0.569. The third-order valence-electron chi connectivity index (χ3n) is 4.10. The van der Waals surface area contributed by atoms with Crippen LogP contribution in [0.25, 0.3) is 10.9 Å². The van der Waals surface area contributed by atoms with Crippen LogP contribution in [0.1, 0.15) is 32.1 Å². The first kappa shape index (κ1) is 13.7. The molecule has 0 aliphatic heterocycles. The van der Waals surface area contributed by atoms with Crippen LogP contribution in [0.15, 0.2) is 30.5 Å². The number of nitrogens with one attached hydrogen (secondary N) is 1. The molecule has 3 rings (SSSR count). The highest BCUT2D eigenvalue weighted by Gasteiger charge is 2.28. The van der Waals surface area contributed by atoms with Crippen LogP contribution in [-0.4, -0.2) is 22.2 Å². The maximum Gasteiger partial charge on any atom is 0.0819 e. The van der Waals surface area contributed by atoms with E-state index in [4.69, 9.17) is 11.6 Å². The molecule has 1 aliphatic carbocycles. The van der Waals surface area contributed by atoms with E-state index in [0.717, 1.165) is 42.3 Å². The first-order chi connectivity index (χ1) is 9.66. The molecular weight excluding hydrogens is 272 g/mol. The summed E-state index contributed by atoms with van der Waals surface area (Å²) in [7, 11) is 0. The maximum absolute atomic E-state index is 10.5. The van der Waals surface area contributed by atoms with Gasteiger partial charge in [0, 0.05) is 28.8 Å². The average molecular weight is 291 g/mol. The molecule has 0 unspecified atom stereocenters. The maximum atomic E-state index is 10.5. The molecule has 20 heavy (non-hydrogen) atoms. The van der Waals surface area contributed by atoms with Gasteiger partial charge in [0.1, 0.15) is 0 Å². The quantitative estimate of drug-likeness (QED) is 0.898. The smallest absolute Gasteiger partial charge is 0.0819 e. The van der Waals surface area contributed by atoms with Gasteiger partial charge in [-0.2, -0.15) is 0 Å². The van der Waals surface area contributed by atoms with Gasteiger partial charge in [-0.05, 0) is 37.1 Å². The van der Waals surface area contributed by atoms with Crippen LogP contribution in [0, 0.1) is 0 Å². The topological polar surface area (TPSA) is 45.1 Å². The highest BCUT2D eigenvalue weighted by atomic mass is 35.5. The van der Waals surface area contributed by atoms with Crippen molar-refractivity contribution in [3.63, 3.8) is 0 Å². The predicted octanol–water partition coefficient (Wildman–Crippen LogP) is 4.00. The Morgan fingerprint density at radius 1 is 1.20 bits per heavy atom. The zero-order chi connectivity index (χ0) is 14.0. The number of aromatic nitrogens is 1. The molecule has 0 atom stereocenters. The summed E-state index contributed by atoms with van der Waals surface area (Å²) in [6.45, 7) is 0.592. The largest absolute Gasteiger partial charge is 0.388 e. The Balaban J connectivity index is 1.80. The van der Waals surface area contributed by atoms with E-state index in [1.165, 1.54) is 6.42 Å². The van der Waals surface area contributed by atoms with Gasteiger partial charge in [0.05, 0.1) is 11.1 Å². The lowest BCUT2D eigenvalue weighted by Crippen LogP contribution is -2.38. The molecule has 2 N–H and O–H groups in total. The molecule has 4 heteroatoms. The van der Waals surface area contributed by atoms with Gasteiger partial charge in [-0.15, -0.1) is 0 Å². The number of pyridine rings is 1. The molecule has 0 bridgehead atoms. The third-order valence-corrected chi connectivity index (χ3v) is 4.33. The fourth-order valence-corrected chi connectivity index (χ4v) is 3.09. The van der Waals surface area contributed by atoms with Crippen LogP contribution in [0.2, 0.25) is 5.02 Å². The summed E-state index contributed by atoms with van der Waals surface area (Å²) < 4.78 is 0. The SMILES string of the molecule is OC1(CNc2ccnc3cc(Cl)ccc23)CCCCC1. The van der Waals surface area contributed by atoms with Gasteiger partial charge >= 0.3 is 0 Å². The van der Waals surface area contributed by atoms with E-state index in [1.807, 2.05) is 24.3 Å². The summed E-state index contributed by atoms with van der Waals surface area (Å²) in [6, 6.07) is 7.64. The molecule has 1 saturated carbocycles. The Labute approximate surface area is 124 Å². The van der Waals surface area contributed by atoms with Crippen molar-refractivity contribution in [3.05, 3.63) is 35.5 Å². The molecule has 106 valence electrons. The van der Waals surface area contributed by atoms with Crippen LogP contribution in [-0.2, 0) is 0 Å². The lowest BCUT2D eigenvalue weighted by molar-refractivity contribution is 0.0167. The predicted molar refractivity (Wildman–Crippen MR) is 83.3 cm³/mol. The van der Waals surface area contributed by atoms with Crippen LogP contribution < -0.4 is 5.32 Å². The molecule has 1 aromatic heterocycles. The molecule has 3 nitrogen and oxygen atoms in total. The third kappa shape index (κ3) is 2.89. The van der Waals surface area contributed by atoms with E-state index >= 15 is 0 Å². The summed E-state index contributed by atoms with van der Waals surface area (Å²) in [5.74, 6) is 0. The van der Waals surface area contributed by atoms with Gasteiger partial charge in [0.2, 0.25) is 0 Å². The van der Waals surface area contributed by atoms with Gasteiger partial charge in [0.25, 0.3) is 0 Å². The first-order valence-electron chi connectivity index (χ1n) is 7.17. The van der Waals surface area contributed by atoms with Crippen molar-refractivity contribution in [2.75, 3.05) is 11.9 Å². The van der Waals surface area contributed by atoms with Crippen LogP contribution in [0.4, 0.5) is 5.69 Å². The van der Waals surface area contributed by atoms with Crippen LogP contribution in [0.5, 0.6) is 0 Å². The number of fused-ring (bicyclic) bond motifs is 1. The van der Waals surface area contributed by atoms with Crippen molar-refractivity contribution in [2.45, 2.75) is 37.7 Å². The van der Waals surface area contributed by atoms with Crippen molar-refractivity contribution in [3.8, 4) is 0 Å². The van der Waals surface area contributed by atoms with Gasteiger partial charge in [-0.3, -0.25) is 4.98 Å². The second kappa shape index (κ2) is 5.58. The normalized spacial score (nSPS) is 18.1. The number of aliphatic hydroxyl groups is 1. The average Bonchev–Trinajstić information content (AvgIpc) is 2.45. The number of anilines is 1. The Morgan fingerprint density at radius 3 is 2.80 bits per heavy atom. The fourth-order valence-electron chi connectivity index (χ4n) is 2.92. The van der Waals surface area contributed by atoms with E-state index in [9.17, 15) is 5.11 Å². The van der Waals surface area contributed by atoms with Crippen LogP contribution >= 0.6 is 11.6 Å². The molecule has 1 heterocycles. The summed E-state index contributed by atoms with van der Waals surface area (Å²) in [5.41, 5.74) is 1.31. The van der Waals surface area contributed by atoms with Gasteiger partial charge < -0.3 is 10.4 Å². The molecule has 1 fully saturated rings. The monoisotopic (exact) mass is 290 g/mol. The Bertz CT molecular complexity index is 608. The molecule has 0 radical (unpaired) electrons. The first-order valence-corrected chi connectivity index (χ1v) is 7.55. The number of benzene rings is 1. The van der Waals surface area contributed by atoms with Gasteiger partial charge in [0.15, 0.2) is 0 Å². The van der Waals surface area contributed by atoms with Gasteiger partial charge in [-0.25, -0.2) is 0 Å². The standard InChI is InChI=1S/C16H19ClN2O/c17-12-4-5-13-14(6-9-18-15(13)10-12)19-11-16(20)7-2-1-3-8-16/h4-6,9-10,20H,1-3,7-8,11H2,(H,18,19). The summed E-state index contributed by atoms with van der Waals surface area (Å²) in [6.07, 6.45) is 7.00. The second-order valence-electron chi connectivity index (χ2n) is 5.66.